The molecule has 1 radical (unpaired) electrons. The van der Waals surface area contributed by atoms with Crippen molar-refractivity contribution in [2.45, 2.75) is 48.8 Å². The first-order valence-corrected chi connectivity index (χ1v) is 20.2. The summed E-state index contributed by atoms with van der Waals surface area (Å²) in [5.74, 6) is -1.97. The number of aliphatic carboxylic acids is 1. The molecule has 0 unspecified atom stereocenters. The van der Waals surface area contributed by atoms with Gasteiger partial charge in [-0.3, -0.25) is 0 Å². The molecule has 29 heteroatoms. The van der Waals surface area contributed by atoms with E-state index < -0.39 is 136 Å². The van der Waals surface area contributed by atoms with Gasteiger partial charge < -0.3 is 54.8 Å². The minimum absolute atomic E-state index is 0. The second kappa shape index (κ2) is 19.1. The third-order valence-corrected chi connectivity index (χ3v) is 31.9. The number of hydrogen-bond acceptors (Lipinski definition) is 16. The van der Waals surface area contributed by atoms with Crippen molar-refractivity contribution < 1.29 is 114 Å². The Hall–Kier alpha value is 0.515. The molecule has 8 atom stereocenters. The summed E-state index contributed by atoms with van der Waals surface area (Å²) in [7, 11) is 0. The number of carbonyl (C=O) groups is 2. The van der Waals surface area contributed by atoms with Gasteiger partial charge in [0.2, 0.25) is 0 Å². The molecule has 0 saturated carbocycles. The molecule has 24 N–H and O–H groups in total. The van der Waals surface area contributed by atoms with Crippen LogP contribution in [0.15, 0.2) is 0 Å². The van der Waals surface area contributed by atoms with Gasteiger partial charge >= 0.3 is 195 Å². The van der Waals surface area contributed by atoms with Crippen LogP contribution in [0.1, 0.15) is 0 Å². The molecular weight excluding hydrogens is 925 g/mol. The molecule has 0 amide bonds. The molecule has 0 aromatic heterocycles. The molecule has 6 bridgehead atoms. The topological polar surface area (TPSA) is 536 Å². The fourth-order valence-electron chi connectivity index (χ4n) is 3.48. The monoisotopic (exact) mass is 959 g/mol. The summed E-state index contributed by atoms with van der Waals surface area (Å²) >= 11 is -10.7. The molecule has 7 aliphatic heterocycles. The Morgan fingerprint density at radius 3 is 1.78 bits per heavy atom. The summed E-state index contributed by atoms with van der Waals surface area (Å²) in [5.41, 5.74) is 0. The average Bonchev–Trinajstić information content (AvgIpc) is 3.46. The molecule has 7 heterocycles. The number of carboxylic acid groups (broad SMARTS) is 1. The fraction of sp³-hybridized carbons (Fsp3) is 0.833. The van der Waals surface area contributed by atoms with E-state index in [0.29, 0.717) is 0 Å². The van der Waals surface area contributed by atoms with Gasteiger partial charge in [0.05, 0.1) is 0 Å². The van der Waals surface area contributed by atoms with Crippen molar-refractivity contribution in [2.75, 3.05) is 13.2 Å². The summed E-state index contributed by atoms with van der Waals surface area (Å²) in [6.07, 6.45) is -7.83. The third kappa shape index (κ3) is 8.83. The fourth-order valence-corrected chi connectivity index (χ4v) is 30.4. The average molecular weight is 962 g/mol. The van der Waals surface area contributed by atoms with E-state index in [0.717, 1.165) is 0 Å². The van der Waals surface area contributed by atoms with E-state index in [2.05, 4.69) is 0 Å². The zero-order valence-electron chi connectivity index (χ0n) is 20.1. The standard InChI is InChI=1S/2C6H9O7.10H2O.2O.3Sb/c2*7-1-2(8)3(9)4(10)5(11)6(12)13;;;;;;;;;;;;;;;/h2*2-5,7-8H,1H2,(H,12,13);10*1H2;;;;;/q2*-3;;;;;;;;;;;;;+1;+3;+4/p-2/t2-,3-,4+,5+;2-,3-,4+,5-;;;;;;;;;;;;;;;/m11.............../s1. The zero-order valence-corrected chi connectivity index (χ0v) is 27.7. The van der Waals surface area contributed by atoms with Gasteiger partial charge in [0.25, 0.3) is 0 Å². The van der Waals surface area contributed by atoms with Crippen molar-refractivity contribution in [1.29, 1.82) is 0 Å². The van der Waals surface area contributed by atoms with E-state index in [4.69, 9.17) is 33.9 Å². The van der Waals surface area contributed by atoms with Crippen LogP contribution >= 0.6 is 0 Å². The van der Waals surface area contributed by atoms with E-state index in [-0.39, 0.29) is 54.8 Å². The molecule has 255 valence electrons. The molecule has 7 aliphatic rings. The number of hydrogen-bond donors (Lipinski definition) is 4. The number of aliphatic hydroxyl groups excluding tert-OH is 4. The van der Waals surface area contributed by atoms with Gasteiger partial charge in [-0.05, 0) is 0 Å². The van der Waals surface area contributed by atoms with Crippen LogP contribution in [0, 0.1) is 0 Å². The first kappa shape index (κ1) is 54.0. The second-order valence-electron chi connectivity index (χ2n) is 6.92. The van der Waals surface area contributed by atoms with Gasteiger partial charge in [0.15, 0.2) is 0 Å². The number of rotatable bonds is 5. The van der Waals surface area contributed by atoms with Gasteiger partial charge in [-0.2, -0.15) is 0 Å². The Labute approximate surface area is 248 Å². The maximum atomic E-state index is 11.6. The number of carbonyl (C=O) groups excluding carboxylic acids is 2. The van der Waals surface area contributed by atoms with Crippen molar-refractivity contribution in [3.63, 3.8) is 0 Å². The van der Waals surface area contributed by atoms with Gasteiger partial charge in [-0.1, -0.05) is 0 Å². The van der Waals surface area contributed by atoms with Crippen LogP contribution in [0.2, 0.25) is 0 Å². The quantitative estimate of drug-likeness (QED) is 0.186. The van der Waals surface area contributed by atoms with Crippen LogP contribution < -0.4 is 5.11 Å². The van der Waals surface area contributed by atoms with Crippen LogP contribution in [0.25, 0.3) is 0 Å². The molecular formula is C12H36O26Sb3. The second-order valence-corrected chi connectivity index (χ2v) is 25.0. The van der Waals surface area contributed by atoms with Gasteiger partial charge in [0, 0.05) is 0 Å². The Kier molecular flexibility index (Phi) is 25.2. The summed E-state index contributed by atoms with van der Waals surface area (Å²) in [6, 6.07) is 0. The summed E-state index contributed by atoms with van der Waals surface area (Å²) in [6.45, 7) is -1.01. The third-order valence-electron chi connectivity index (χ3n) is 4.89. The van der Waals surface area contributed by atoms with Crippen LogP contribution in [0.3, 0.4) is 0 Å². The molecule has 26 nitrogen and oxygen atoms in total. The van der Waals surface area contributed by atoms with E-state index in [1.54, 1.807) is 0 Å². The molecule has 0 aromatic rings. The molecule has 41 heavy (non-hydrogen) atoms. The Morgan fingerprint density at radius 1 is 0.805 bits per heavy atom. The van der Waals surface area contributed by atoms with Gasteiger partial charge in [-0.25, -0.2) is 0 Å². The number of aliphatic hydroxyl groups is 4. The van der Waals surface area contributed by atoms with Crippen molar-refractivity contribution in [3.8, 4) is 0 Å². The van der Waals surface area contributed by atoms with Crippen LogP contribution in [-0.2, 0) is 33.3 Å². The molecule has 7 rings (SSSR count). The predicted octanol–water partition coefficient (Wildman–Crippen LogP) is -15.0. The first-order chi connectivity index (χ1) is 14.7. The van der Waals surface area contributed by atoms with E-state index in [1.807, 2.05) is 0 Å². The normalized spacial score (nSPS) is 33.4. The molecule has 0 aromatic carbocycles. The van der Waals surface area contributed by atoms with Crippen LogP contribution in [-0.4, -0.2) is 212 Å². The molecule has 1 spiro atoms. The molecule has 7 fully saturated rings. The van der Waals surface area contributed by atoms with Crippen molar-refractivity contribution in [1.82, 2.24) is 0 Å². The Balaban J connectivity index is -0.000000122. The SMILES string of the molecule is O.O.O.O.O.O.O.O.O.O.O=C([O-])[C@@H]1[O][Sb+]2[O][C@H]([C@H](O)CO)[C@@H]1[O]2.O=C1[O][Sb]2[O][Sb]34([O][C@H]([C@H](O)CO)[C@H]([O]3)[C@@H]1[O]4)[O]2. The Bertz CT molecular complexity index is 785. The van der Waals surface area contributed by atoms with E-state index >= 15 is 0 Å². The molecule has 7 saturated heterocycles. The van der Waals surface area contributed by atoms with Gasteiger partial charge in [-0.15, -0.1) is 0 Å². The van der Waals surface area contributed by atoms with Gasteiger partial charge in [0.1, 0.15) is 0 Å². The number of carboxylic acids is 1. The van der Waals surface area contributed by atoms with Crippen molar-refractivity contribution >= 4 is 74.4 Å². The van der Waals surface area contributed by atoms with E-state index in [1.165, 1.54) is 0 Å². The first-order valence-electron chi connectivity index (χ1n) is 8.78. The molecule has 0 aliphatic carbocycles. The minimum atomic E-state index is -4.95. The summed E-state index contributed by atoms with van der Waals surface area (Å²) < 4.78 is 47.4. The number of fused-ring (bicyclic) bond motifs is 4. The Morgan fingerprint density at radius 2 is 1.32 bits per heavy atom. The summed E-state index contributed by atoms with van der Waals surface area (Å²) in [5, 5.41) is 47.1. The van der Waals surface area contributed by atoms with Crippen LogP contribution in [0.5, 0.6) is 0 Å². The van der Waals surface area contributed by atoms with Crippen molar-refractivity contribution in [2.24, 2.45) is 0 Å². The summed E-state index contributed by atoms with van der Waals surface area (Å²) in [4.78, 5) is 22.2. The van der Waals surface area contributed by atoms with Crippen LogP contribution in [0.4, 0.5) is 0 Å². The predicted molar refractivity (Wildman–Crippen MR) is 122 cm³/mol. The zero-order chi connectivity index (χ0) is 22.2. The maximum absolute atomic E-state index is 11.6. The van der Waals surface area contributed by atoms with E-state index in [9.17, 15) is 24.9 Å². The van der Waals surface area contributed by atoms with Crippen molar-refractivity contribution in [3.05, 3.63) is 0 Å².